The van der Waals surface area contributed by atoms with E-state index in [1.165, 1.54) is 95.1 Å². The predicted molar refractivity (Wildman–Crippen MR) is 232 cm³/mol. The molecule has 1 spiro atoms. The molecule has 280 valence electrons. The van der Waals surface area contributed by atoms with Crippen LogP contribution in [0.5, 0.6) is 11.5 Å². The summed E-state index contributed by atoms with van der Waals surface area (Å²) in [5, 5.41) is 0. The molecule has 0 N–H and O–H groups in total. The minimum atomic E-state index is -0.00628. The second kappa shape index (κ2) is 12.5. The van der Waals surface area contributed by atoms with Gasteiger partial charge in [-0.05, 0) is 149 Å². The molecule has 0 unspecified atom stereocenters. The molecule has 4 bridgehead atoms. The minimum absolute atomic E-state index is 0.00628. The van der Waals surface area contributed by atoms with E-state index in [9.17, 15) is 0 Å². The quantitative estimate of drug-likeness (QED) is 0.175. The molecule has 1 aliphatic heterocycles. The van der Waals surface area contributed by atoms with Crippen LogP contribution in [-0.2, 0) is 16.2 Å². The third kappa shape index (κ3) is 5.20. The predicted octanol–water partition coefficient (Wildman–Crippen LogP) is 14.7. The molecule has 6 aromatic rings. The number of nitrogens with zero attached hydrogens (tertiary/aromatic N) is 1. The Morgan fingerprint density at radius 2 is 0.893 bits per heavy atom. The van der Waals surface area contributed by atoms with Gasteiger partial charge in [-0.3, -0.25) is 0 Å². The van der Waals surface area contributed by atoms with Gasteiger partial charge in [0, 0.05) is 39.7 Å². The van der Waals surface area contributed by atoms with Crippen molar-refractivity contribution in [2.45, 2.75) is 88.9 Å². The lowest BCUT2D eigenvalue weighted by atomic mass is 9.42. The van der Waals surface area contributed by atoms with Crippen LogP contribution in [0.15, 0.2) is 140 Å². The fraction of sp³-hybridized carbons (Fsp3) is 0.333. The summed E-state index contributed by atoms with van der Waals surface area (Å²) < 4.78 is 7.23. The summed E-state index contributed by atoms with van der Waals surface area (Å²) in [6.07, 6.45) is 9.20. The van der Waals surface area contributed by atoms with E-state index in [0.717, 1.165) is 34.7 Å². The number of fused-ring (bicyclic) bond motifs is 3. The highest BCUT2D eigenvalue weighted by molar-refractivity contribution is 5.81. The molecule has 6 aromatic carbocycles. The number of benzene rings is 6. The summed E-state index contributed by atoms with van der Waals surface area (Å²) in [4.78, 5) is 2.48. The van der Waals surface area contributed by atoms with E-state index in [4.69, 9.17) is 4.74 Å². The molecule has 6 aliphatic rings. The molecule has 2 heteroatoms. The molecule has 12 rings (SSSR count). The van der Waals surface area contributed by atoms with Gasteiger partial charge in [0.25, 0.3) is 0 Å². The normalized spacial score (nSPS) is 25.9. The van der Waals surface area contributed by atoms with Crippen molar-refractivity contribution < 1.29 is 4.74 Å². The van der Waals surface area contributed by atoms with Crippen molar-refractivity contribution in [3.05, 3.63) is 162 Å². The van der Waals surface area contributed by atoms with Crippen LogP contribution >= 0.6 is 0 Å². The zero-order chi connectivity index (χ0) is 37.8. The standard InChI is InChI=1S/C54H53NO/c1-52(2)25-26-53(3,4)49-33-44(20-23-46(49)52)55(43-18-15-39(16-19-43)37-11-7-5-8-12-37)45-21-24-48-51(34-45)56-50-32-40(38-13-9-6-10-14-38)17-22-47(50)54(48)41-28-35-27-36(30-41)31-42(54)29-35/h5-24,32-36,41-42H,25-31H2,1-4H3. The highest BCUT2D eigenvalue weighted by atomic mass is 16.5. The van der Waals surface area contributed by atoms with E-state index in [-0.39, 0.29) is 16.2 Å². The molecule has 5 aliphatic carbocycles. The van der Waals surface area contributed by atoms with Gasteiger partial charge in [0.2, 0.25) is 0 Å². The molecule has 0 aromatic heterocycles. The maximum absolute atomic E-state index is 7.23. The zero-order valence-corrected chi connectivity index (χ0v) is 33.4. The van der Waals surface area contributed by atoms with E-state index in [1.54, 1.807) is 0 Å². The van der Waals surface area contributed by atoms with Gasteiger partial charge in [-0.2, -0.15) is 0 Å². The van der Waals surface area contributed by atoms with Crippen molar-refractivity contribution >= 4 is 17.1 Å². The lowest BCUT2D eigenvalue weighted by Gasteiger charge is -2.63. The van der Waals surface area contributed by atoms with Crippen LogP contribution in [-0.4, -0.2) is 0 Å². The van der Waals surface area contributed by atoms with Gasteiger partial charge >= 0.3 is 0 Å². The largest absolute Gasteiger partial charge is 0.457 e. The van der Waals surface area contributed by atoms with Gasteiger partial charge in [0.05, 0.1) is 0 Å². The van der Waals surface area contributed by atoms with E-state index < -0.39 is 0 Å². The molecule has 4 saturated carbocycles. The molecule has 1 heterocycles. The van der Waals surface area contributed by atoms with Crippen molar-refractivity contribution in [1.82, 2.24) is 0 Å². The first-order valence-corrected chi connectivity index (χ1v) is 21.3. The molecule has 0 radical (unpaired) electrons. The summed E-state index contributed by atoms with van der Waals surface area (Å²) in [5.74, 6) is 5.17. The fourth-order valence-corrected chi connectivity index (χ4v) is 12.5. The topological polar surface area (TPSA) is 12.5 Å². The molecular formula is C54H53NO. The van der Waals surface area contributed by atoms with Crippen LogP contribution in [0.4, 0.5) is 17.1 Å². The Balaban J connectivity index is 1.09. The van der Waals surface area contributed by atoms with Crippen LogP contribution in [0.3, 0.4) is 0 Å². The SMILES string of the molecule is CC1(C)CCC(C)(C)c2cc(N(c3ccc(-c4ccccc4)cc3)c3ccc4c(c3)Oc3cc(-c5ccccc5)ccc3C43C4CC5CC(C4)CC3C5)ccc21. The van der Waals surface area contributed by atoms with Crippen LogP contribution < -0.4 is 9.64 Å². The summed E-state index contributed by atoms with van der Waals surface area (Å²) in [6.45, 7) is 9.70. The van der Waals surface area contributed by atoms with Gasteiger partial charge in [-0.15, -0.1) is 0 Å². The van der Waals surface area contributed by atoms with Crippen molar-refractivity contribution in [2.75, 3.05) is 4.90 Å². The highest BCUT2D eigenvalue weighted by Crippen LogP contribution is 2.69. The maximum Gasteiger partial charge on any atom is 0.133 e. The molecule has 0 atom stereocenters. The van der Waals surface area contributed by atoms with Crippen LogP contribution in [0.25, 0.3) is 22.3 Å². The van der Waals surface area contributed by atoms with E-state index >= 15 is 0 Å². The fourth-order valence-electron chi connectivity index (χ4n) is 12.5. The van der Waals surface area contributed by atoms with Crippen molar-refractivity contribution in [1.29, 1.82) is 0 Å². The van der Waals surface area contributed by atoms with Gasteiger partial charge in [0.15, 0.2) is 0 Å². The summed E-state index contributed by atoms with van der Waals surface area (Å²) in [5.41, 5.74) is 14.5. The van der Waals surface area contributed by atoms with E-state index in [2.05, 4.69) is 172 Å². The summed E-state index contributed by atoms with van der Waals surface area (Å²) >= 11 is 0. The third-order valence-electron chi connectivity index (χ3n) is 15.2. The molecule has 0 amide bonds. The average molecular weight is 732 g/mol. The van der Waals surface area contributed by atoms with Gasteiger partial charge < -0.3 is 9.64 Å². The van der Waals surface area contributed by atoms with Crippen LogP contribution in [0.2, 0.25) is 0 Å². The first-order chi connectivity index (χ1) is 27.2. The van der Waals surface area contributed by atoms with Crippen molar-refractivity contribution in [2.24, 2.45) is 23.7 Å². The highest BCUT2D eigenvalue weighted by Gasteiger charge is 2.61. The molecule has 56 heavy (non-hydrogen) atoms. The van der Waals surface area contributed by atoms with Gasteiger partial charge in [-0.1, -0.05) is 125 Å². The number of rotatable bonds is 5. The Bertz CT molecular complexity index is 2430. The van der Waals surface area contributed by atoms with Gasteiger partial charge in [0.1, 0.15) is 11.5 Å². The summed E-state index contributed by atoms with van der Waals surface area (Å²) in [7, 11) is 0. The molecular weight excluding hydrogens is 679 g/mol. The molecule has 0 saturated heterocycles. The smallest absolute Gasteiger partial charge is 0.133 e. The van der Waals surface area contributed by atoms with Crippen LogP contribution in [0.1, 0.15) is 94.9 Å². The number of hydrogen-bond donors (Lipinski definition) is 0. The molecule has 2 nitrogen and oxygen atoms in total. The van der Waals surface area contributed by atoms with Gasteiger partial charge in [-0.25, -0.2) is 0 Å². The van der Waals surface area contributed by atoms with Crippen LogP contribution in [0, 0.1) is 23.7 Å². The summed E-state index contributed by atoms with van der Waals surface area (Å²) in [6, 6.07) is 52.5. The number of anilines is 3. The first kappa shape index (κ1) is 34.2. The number of ether oxygens (including phenoxy) is 1. The van der Waals surface area contributed by atoms with E-state index in [1.807, 2.05) is 0 Å². The lowest BCUT2D eigenvalue weighted by Crippen LogP contribution is -2.57. The minimum Gasteiger partial charge on any atom is -0.457 e. The monoisotopic (exact) mass is 731 g/mol. The Morgan fingerprint density at radius 1 is 0.429 bits per heavy atom. The Hall–Kier alpha value is -5.08. The number of hydrogen-bond acceptors (Lipinski definition) is 2. The second-order valence-corrected chi connectivity index (χ2v) is 19.3. The Morgan fingerprint density at radius 3 is 1.52 bits per heavy atom. The Kier molecular flexibility index (Phi) is 7.61. The second-order valence-electron chi connectivity index (χ2n) is 19.3. The van der Waals surface area contributed by atoms with Crippen molar-refractivity contribution in [3.8, 4) is 33.8 Å². The first-order valence-electron chi connectivity index (χ1n) is 21.3. The Labute approximate surface area is 333 Å². The third-order valence-corrected chi connectivity index (χ3v) is 15.2. The molecule has 4 fully saturated rings. The lowest BCUT2D eigenvalue weighted by molar-refractivity contribution is -0.0452. The maximum atomic E-state index is 7.23. The average Bonchev–Trinajstić information content (AvgIpc) is 3.21. The zero-order valence-electron chi connectivity index (χ0n) is 33.4. The van der Waals surface area contributed by atoms with E-state index in [0.29, 0.717) is 11.8 Å². The van der Waals surface area contributed by atoms with Crippen molar-refractivity contribution in [3.63, 3.8) is 0 Å².